The number of hydrogen-bond acceptors (Lipinski definition) is 4. The van der Waals surface area contributed by atoms with Crippen LogP contribution in [-0.4, -0.2) is 26.5 Å². The Kier molecular flexibility index (Phi) is 3.86. The minimum atomic E-state index is -0.447. The number of pyridine rings is 1. The van der Waals surface area contributed by atoms with Gasteiger partial charge in [0.15, 0.2) is 0 Å². The zero-order valence-electron chi connectivity index (χ0n) is 12.6. The van der Waals surface area contributed by atoms with Crippen molar-refractivity contribution in [1.29, 1.82) is 0 Å². The molecule has 1 aliphatic carbocycles. The second-order valence-corrected chi connectivity index (χ2v) is 6.70. The molecule has 0 radical (unpaired) electrons. The standard InChI is InChI=1S/C18H9BrClN3O2/c19-11-5-3-9(4-6-11)12-13(20)17(25)15-14(16(12)24)22-18(23-15)10-2-1-7-21-8-10/h1-8H,(H,22,23). The molecule has 3 aromatic rings. The van der Waals surface area contributed by atoms with Crippen LogP contribution in [0.25, 0.3) is 17.0 Å². The smallest absolute Gasteiger partial charge is 0.223 e. The summed E-state index contributed by atoms with van der Waals surface area (Å²) in [7, 11) is 0. The Labute approximate surface area is 155 Å². The Morgan fingerprint density at radius 2 is 1.76 bits per heavy atom. The number of benzene rings is 1. The van der Waals surface area contributed by atoms with E-state index in [0.717, 1.165) is 4.47 Å². The number of rotatable bonds is 2. The zero-order chi connectivity index (χ0) is 17.6. The van der Waals surface area contributed by atoms with Crippen LogP contribution in [0.3, 0.4) is 0 Å². The quantitative estimate of drug-likeness (QED) is 0.680. The Bertz CT molecular complexity index is 1040. The van der Waals surface area contributed by atoms with Gasteiger partial charge in [0.2, 0.25) is 11.6 Å². The number of halogens is 2. The molecule has 25 heavy (non-hydrogen) atoms. The molecule has 1 N–H and O–H groups in total. The van der Waals surface area contributed by atoms with E-state index in [-0.39, 0.29) is 27.8 Å². The zero-order valence-corrected chi connectivity index (χ0v) is 14.9. The molecule has 122 valence electrons. The molecule has 7 heteroatoms. The van der Waals surface area contributed by atoms with Crippen LogP contribution in [0.1, 0.15) is 26.5 Å². The molecular weight excluding hydrogens is 406 g/mol. The van der Waals surface area contributed by atoms with Gasteiger partial charge in [0.25, 0.3) is 0 Å². The van der Waals surface area contributed by atoms with Gasteiger partial charge in [-0.15, -0.1) is 0 Å². The number of aromatic amines is 1. The highest BCUT2D eigenvalue weighted by Gasteiger charge is 2.35. The lowest BCUT2D eigenvalue weighted by Crippen LogP contribution is -2.19. The fraction of sp³-hybridized carbons (Fsp3) is 0. The number of aromatic nitrogens is 3. The predicted octanol–water partition coefficient (Wildman–Crippen LogP) is 4.26. The molecule has 0 atom stereocenters. The maximum absolute atomic E-state index is 12.9. The monoisotopic (exact) mass is 413 g/mol. The van der Waals surface area contributed by atoms with E-state index in [1.165, 1.54) is 0 Å². The minimum absolute atomic E-state index is 0.0752. The van der Waals surface area contributed by atoms with Crippen LogP contribution in [0.2, 0.25) is 0 Å². The summed E-state index contributed by atoms with van der Waals surface area (Å²) in [4.78, 5) is 36.7. The summed E-state index contributed by atoms with van der Waals surface area (Å²) in [5.74, 6) is -0.425. The van der Waals surface area contributed by atoms with Gasteiger partial charge in [-0.2, -0.15) is 0 Å². The summed E-state index contributed by atoms with van der Waals surface area (Å²) in [6, 6.07) is 10.6. The first-order valence-corrected chi connectivity index (χ1v) is 8.49. The van der Waals surface area contributed by atoms with E-state index in [0.29, 0.717) is 17.0 Å². The van der Waals surface area contributed by atoms with E-state index >= 15 is 0 Å². The van der Waals surface area contributed by atoms with Gasteiger partial charge in [-0.3, -0.25) is 14.6 Å². The highest BCUT2D eigenvalue weighted by molar-refractivity contribution is 9.10. The number of Topliss-reactive ketones (excluding diaryl/α,β-unsaturated/α-hetero) is 2. The lowest BCUT2D eigenvalue weighted by atomic mass is 9.92. The summed E-state index contributed by atoms with van der Waals surface area (Å²) in [5, 5.41) is -0.110. The van der Waals surface area contributed by atoms with Crippen molar-refractivity contribution in [3.8, 4) is 11.4 Å². The fourth-order valence-corrected chi connectivity index (χ4v) is 3.21. The number of carbonyl (C=O) groups is 2. The predicted molar refractivity (Wildman–Crippen MR) is 97.4 cm³/mol. The Morgan fingerprint density at radius 3 is 2.44 bits per heavy atom. The van der Waals surface area contributed by atoms with Crippen molar-refractivity contribution in [3.63, 3.8) is 0 Å². The van der Waals surface area contributed by atoms with Gasteiger partial charge in [-0.25, -0.2) is 4.98 Å². The van der Waals surface area contributed by atoms with Crippen molar-refractivity contribution in [2.45, 2.75) is 0 Å². The highest BCUT2D eigenvalue weighted by atomic mass is 79.9. The second-order valence-electron chi connectivity index (χ2n) is 5.40. The normalized spacial score (nSPS) is 14.0. The lowest BCUT2D eigenvalue weighted by Gasteiger charge is -2.14. The molecule has 4 rings (SSSR count). The Morgan fingerprint density at radius 1 is 1.00 bits per heavy atom. The van der Waals surface area contributed by atoms with E-state index in [1.54, 1.807) is 48.8 Å². The van der Waals surface area contributed by atoms with Gasteiger partial charge in [0.05, 0.1) is 5.57 Å². The van der Waals surface area contributed by atoms with E-state index in [1.807, 2.05) is 0 Å². The molecule has 2 heterocycles. The first kappa shape index (κ1) is 15.9. The molecule has 0 bridgehead atoms. The van der Waals surface area contributed by atoms with Crippen molar-refractivity contribution < 1.29 is 9.59 Å². The van der Waals surface area contributed by atoms with Gasteiger partial charge < -0.3 is 4.98 Å². The molecule has 0 spiro atoms. The van der Waals surface area contributed by atoms with Crippen LogP contribution >= 0.6 is 27.5 Å². The number of fused-ring (bicyclic) bond motifs is 1. The third kappa shape index (κ3) is 2.63. The van der Waals surface area contributed by atoms with Crippen LogP contribution in [0.4, 0.5) is 0 Å². The molecule has 0 aliphatic heterocycles. The molecule has 1 aliphatic rings. The van der Waals surface area contributed by atoms with E-state index in [9.17, 15) is 9.59 Å². The third-order valence-electron chi connectivity index (χ3n) is 3.86. The number of imidazole rings is 1. The summed E-state index contributed by atoms with van der Waals surface area (Å²) < 4.78 is 0.863. The number of hydrogen-bond donors (Lipinski definition) is 1. The Hall–Kier alpha value is -2.57. The third-order valence-corrected chi connectivity index (χ3v) is 4.75. The van der Waals surface area contributed by atoms with E-state index in [4.69, 9.17) is 11.6 Å². The SMILES string of the molecule is O=C1C(c2ccc(Br)cc2)=C(Cl)C(=O)c2[nH]c(-c3cccnc3)nc21. The minimum Gasteiger partial charge on any atom is -0.335 e. The Balaban J connectivity index is 1.84. The van der Waals surface area contributed by atoms with Crippen LogP contribution in [0, 0.1) is 0 Å². The van der Waals surface area contributed by atoms with Gasteiger partial charge in [0, 0.05) is 22.4 Å². The number of H-pyrrole nitrogens is 1. The van der Waals surface area contributed by atoms with Crippen molar-refractivity contribution in [1.82, 2.24) is 15.0 Å². The summed E-state index contributed by atoms with van der Waals surface area (Å²) in [6.07, 6.45) is 3.23. The number of ketones is 2. The molecule has 2 aromatic heterocycles. The molecule has 0 saturated heterocycles. The first-order valence-electron chi connectivity index (χ1n) is 7.32. The molecule has 5 nitrogen and oxygen atoms in total. The summed E-state index contributed by atoms with van der Waals surface area (Å²) >= 11 is 9.57. The molecule has 1 aromatic carbocycles. The molecule has 0 unspecified atom stereocenters. The first-order chi connectivity index (χ1) is 12.1. The number of nitrogens with zero attached hydrogens (tertiary/aromatic N) is 2. The van der Waals surface area contributed by atoms with Crippen molar-refractivity contribution in [3.05, 3.63) is 75.2 Å². The maximum atomic E-state index is 12.9. The fourth-order valence-electron chi connectivity index (χ4n) is 2.66. The molecule has 0 fully saturated rings. The number of carbonyl (C=O) groups excluding carboxylic acids is 2. The average Bonchev–Trinajstić information content (AvgIpc) is 3.08. The second kappa shape index (κ2) is 6.06. The summed E-state index contributed by atoms with van der Waals surface area (Å²) in [6.45, 7) is 0. The van der Waals surface area contributed by atoms with Crippen molar-refractivity contribution >= 4 is 44.7 Å². The van der Waals surface area contributed by atoms with Crippen LogP contribution in [0.15, 0.2) is 58.3 Å². The lowest BCUT2D eigenvalue weighted by molar-refractivity contribution is 0.0993. The van der Waals surface area contributed by atoms with E-state index in [2.05, 4.69) is 30.9 Å². The van der Waals surface area contributed by atoms with Gasteiger partial charge in [-0.05, 0) is 29.8 Å². The number of allylic oxidation sites excluding steroid dienone is 2. The molecular formula is C18H9BrClN3O2. The molecule has 0 saturated carbocycles. The van der Waals surface area contributed by atoms with Gasteiger partial charge in [0.1, 0.15) is 22.2 Å². The van der Waals surface area contributed by atoms with Crippen molar-refractivity contribution in [2.24, 2.45) is 0 Å². The largest absolute Gasteiger partial charge is 0.335 e. The van der Waals surface area contributed by atoms with Crippen LogP contribution in [0.5, 0.6) is 0 Å². The average molecular weight is 415 g/mol. The number of nitrogens with one attached hydrogen (secondary N) is 1. The van der Waals surface area contributed by atoms with Crippen LogP contribution < -0.4 is 0 Å². The van der Waals surface area contributed by atoms with Gasteiger partial charge >= 0.3 is 0 Å². The highest BCUT2D eigenvalue weighted by Crippen LogP contribution is 2.34. The molecule has 0 amide bonds. The van der Waals surface area contributed by atoms with Crippen LogP contribution in [-0.2, 0) is 0 Å². The van der Waals surface area contributed by atoms with Gasteiger partial charge in [-0.1, -0.05) is 39.7 Å². The summed E-state index contributed by atoms with van der Waals surface area (Å²) in [5.41, 5.74) is 1.60. The maximum Gasteiger partial charge on any atom is 0.223 e. The van der Waals surface area contributed by atoms with E-state index < -0.39 is 5.78 Å². The topological polar surface area (TPSA) is 75.7 Å². The van der Waals surface area contributed by atoms with Crippen molar-refractivity contribution in [2.75, 3.05) is 0 Å².